The van der Waals surface area contributed by atoms with Gasteiger partial charge < -0.3 is 5.32 Å². The second kappa shape index (κ2) is 6.17. The van der Waals surface area contributed by atoms with Crippen molar-refractivity contribution in [3.05, 3.63) is 54.6 Å². The van der Waals surface area contributed by atoms with Crippen molar-refractivity contribution in [3.8, 4) is 0 Å². The lowest BCUT2D eigenvalue weighted by atomic mass is 10.2. The number of hydrazine groups is 1. The standard InChI is InChI=1S/C17H15F5N4O2S/c1-11-17(28)26(13-5-3-2-4-6-13)25-15(23-11)16(27)24-12-7-9-14(10-8-12)29(18,19,20,21)22/h2-11H,1H3,(H,23,25)(H,24,27)/t11-/m0/s1. The van der Waals surface area contributed by atoms with E-state index in [-0.39, 0.29) is 23.7 Å². The highest BCUT2D eigenvalue weighted by Crippen LogP contribution is 3.02. The van der Waals surface area contributed by atoms with Crippen LogP contribution in [0, 0.1) is 0 Å². The van der Waals surface area contributed by atoms with Crippen LogP contribution in [-0.2, 0) is 9.59 Å². The van der Waals surface area contributed by atoms with Gasteiger partial charge in [-0.15, -0.1) is 0 Å². The molecule has 1 heterocycles. The van der Waals surface area contributed by atoms with Crippen molar-refractivity contribution in [2.45, 2.75) is 17.9 Å². The topological polar surface area (TPSA) is 73.8 Å². The zero-order chi connectivity index (χ0) is 21.5. The Morgan fingerprint density at radius 1 is 1.03 bits per heavy atom. The Morgan fingerprint density at radius 3 is 2.17 bits per heavy atom. The lowest BCUT2D eigenvalue weighted by Gasteiger charge is -2.40. The molecule has 0 spiro atoms. The van der Waals surface area contributed by atoms with Crippen LogP contribution >= 0.6 is 10.2 Å². The molecule has 0 aliphatic carbocycles. The highest BCUT2D eigenvalue weighted by Gasteiger charge is 2.65. The minimum atomic E-state index is -9.79. The smallest absolute Gasteiger partial charge is 0.310 e. The molecule has 0 bridgehead atoms. The Balaban J connectivity index is 1.79. The molecule has 2 amide bonds. The molecule has 0 saturated carbocycles. The Morgan fingerprint density at radius 2 is 1.62 bits per heavy atom. The van der Waals surface area contributed by atoms with E-state index in [0.29, 0.717) is 17.8 Å². The minimum absolute atomic E-state index is 0.152. The number of anilines is 2. The number of amides is 2. The summed E-state index contributed by atoms with van der Waals surface area (Å²) in [7, 11) is -9.79. The van der Waals surface area contributed by atoms with Crippen LogP contribution in [0.1, 0.15) is 6.92 Å². The van der Waals surface area contributed by atoms with Gasteiger partial charge in [0.1, 0.15) is 10.9 Å². The average Bonchev–Trinajstić information content (AvgIpc) is 2.63. The number of carbonyl (C=O) groups excluding carboxylic acids is 2. The zero-order valence-corrected chi connectivity index (χ0v) is 15.6. The summed E-state index contributed by atoms with van der Waals surface area (Å²) in [6.45, 7) is 1.47. The van der Waals surface area contributed by atoms with E-state index in [0.717, 1.165) is 5.01 Å². The molecule has 6 nitrogen and oxygen atoms in total. The molecule has 156 valence electrons. The van der Waals surface area contributed by atoms with Crippen LogP contribution < -0.4 is 15.8 Å². The van der Waals surface area contributed by atoms with Gasteiger partial charge in [0.25, 0.3) is 11.8 Å². The van der Waals surface area contributed by atoms with Crippen LogP contribution in [0.5, 0.6) is 0 Å². The maximum atomic E-state index is 12.8. The second-order valence-corrected chi connectivity index (χ2v) is 8.63. The number of rotatable bonds is 4. The van der Waals surface area contributed by atoms with Crippen molar-refractivity contribution < 1.29 is 29.0 Å². The average molecular weight is 434 g/mol. The normalized spacial score (nSPS) is 19.5. The third kappa shape index (κ3) is 4.65. The Bertz CT molecular complexity index is 995. The van der Waals surface area contributed by atoms with Gasteiger partial charge in [0.2, 0.25) is 5.84 Å². The molecule has 2 aromatic rings. The number of halogens is 5. The summed E-state index contributed by atoms with van der Waals surface area (Å²) in [4.78, 5) is 26.6. The summed E-state index contributed by atoms with van der Waals surface area (Å²) in [6, 6.07) is 9.24. The number of benzene rings is 2. The molecule has 0 radical (unpaired) electrons. The first kappa shape index (κ1) is 20.6. The molecule has 2 aromatic carbocycles. The Hall–Kier alpha value is -3.15. The van der Waals surface area contributed by atoms with Gasteiger partial charge >= 0.3 is 10.2 Å². The van der Waals surface area contributed by atoms with Crippen LogP contribution in [-0.4, -0.2) is 23.7 Å². The molecule has 1 aliphatic rings. The van der Waals surface area contributed by atoms with Gasteiger partial charge in [-0.2, -0.15) is 0 Å². The van der Waals surface area contributed by atoms with E-state index in [1.807, 2.05) is 0 Å². The van der Waals surface area contributed by atoms with E-state index < -0.39 is 33.0 Å². The number of hydrogen-bond donors (Lipinski definition) is 2. The van der Waals surface area contributed by atoms with Gasteiger partial charge in [-0.3, -0.25) is 15.0 Å². The van der Waals surface area contributed by atoms with Crippen molar-refractivity contribution >= 4 is 39.2 Å². The Labute approximate surface area is 162 Å². The van der Waals surface area contributed by atoms with Crippen molar-refractivity contribution in [2.75, 3.05) is 10.3 Å². The number of carbonyl (C=O) groups is 2. The summed E-state index contributed by atoms with van der Waals surface area (Å²) in [6.07, 6.45) is 0. The molecule has 0 fully saturated rings. The number of para-hydroxylation sites is 1. The maximum Gasteiger partial charge on any atom is 0.310 e. The van der Waals surface area contributed by atoms with Gasteiger partial charge in [-0.25, -0.2) is 10.0 Å². The van der Waals surface area contributed by atoms with Crippen LogP contribution in [0.25, 0.3) is 0 Å². The third-order valence-electron chi connectivity index (χ3n) is 3.91. The molecule has 0 aromatic heterocycles. The van der Waals surface area contributed by atoms with Gasteiger partial charge in [0.15, 0.2) is 0 Å². The van der Waals surface area contributed by atoms with Gasteiger partial charge in [0, 0.05) is 5.69 Å². The fourth-order valence-electron chi connectivity index (χ4n) is 2.49. The number of amidine groups is 1. The molecule has 3 rings (SSSR count). The predicted molar refractivity (Wildman–Crippen MR) is 100 cm³/mol. The number of aliphatic imine (C=N–C) groups is 1. The van der Waals surface area contributed by atoms with Crippen LogP contribution in [0.4, 0.5) is 30.8 Å². The monoisotopic (exact) mass is 434 g/mol. The molecular formula is C17H15F5N4O2S. The zero-order valence-electron chi connectivity index (χ0n) is 14.8. The predicted octanol–water partition coefficient (Wildman–Crippen LogP) is 4.62. The summed E-state index contributed by atoms with van der Waals surface area (Å²) in [5.74, 6) is -1.55. The number of nitrogens with zero attached hydrogens (tertiary/aromatic N) is 2. The fraction of sp³-hybridized carbons (Fsp3) is 0.118. The Kier molecular flexibility index (Phi) is 4.38. The van der Waals surface area contributed by atoms with E-state index in [2.05, 4.69) is 15.7 Å². The van der Waals surface area contributed by atoms with Gasteiger partial charge in [0.05, 0.1) is 5.69 Å². The lowest BCUT2D eigenvalue weighted by molar-refractivity contribution is -0.120. The summed E-state index contributed by atoms with van der Waals surface area (Å²) >= 11 is 0. The van der Waals surface area contributed by atoms with Crippen molar-refractivity contribution in [1.29, 1.82) is 0 Å². The lowest BCUT2D eigenvalue weighted by Crippen LogP contribution is -2.57. The van der Waals surface area contributed by atoms with Crippen molar-refractivity contribution in [1.82, 2.24) is 5.43 Å². The van der Waals surface area contributed by atoms with E-state index in [1.165, 1.54) is 6.92 Å². The van der Waals surface area contributed by atoms with E-state index >= 15 is 0 Å². The quantitative estimate of drug-likeness (QED) is 0.690. The highest BCUT2D eigenvalue weighted by molar-refractivity contribution is 8.45. The minimum Gasteiger partial charge on any atom is -0.319 e. The maximum absolute atomic E-state index is 12.8. The van der Waals surface area contributed by atoms with E-state index in [4.69, 9.17) is 0 Å². The van der Waals surface area contributed by atoms with Crippen LogP contribution in [0.3, 0.4) is 0 Å². The number of hydrogen-bond acceptors (Lipinski definition) is 4. The van der Waals surface area contributed by atoms with Gasteiger partial charge in [-0.05, 0) is 43.3 Å². The highest BCUT2D eigenvalue weighted by atomic mass is 32.5. The van der Waals surface area contributed by atoms with Crippen molar-refractivity contribution in [3.63, 3.8) is 0 Å². The van der Waals surface area contributed by atoms with Crippen LogP contribution in [0.15, 0.2) is 64.5 Å². The third-order valence-corrected chi connectivity index (χ3v) is 5.07. The molecule has 29 heavy (non-hydrogen) atoms. The van der Waals surface area contributed by atoms with E-state index in [1.54, 1.807) is 30.3 Å². The molecule has 0 unspecified atom stereocenters. The molecular weight excluding hydrogens is 419 g/mol. The summed E-state index contributed by atoms with van der Waals surface area (Å²) < 4.78 is 63.8. The molecule has 1 atom stereocenters. The fourth-order valence-corrected chi connectivity index (χ4v) is 3.14. The van der Waals surface area contributed by atoms with Crippen molar-refractivity contribution in [2.24, 2.45) is 4.99 Å². The molecule has 0 saturated heterocycles. The largest absolute Gasteiger partial charge is 0.319 e. The first-order valence-corrected chi connectivity index (χ1v) is 10.1. The molecule has 1 aliphatic heterocycles. The molecule has 2 N–H and O–H groups in total. The van der Waals surface area contributed by atoms with E-state index in [9.17, 15) is 29.0 Å². The second-order valence-electron chi connectivity index (χ2n) is 6.22. The first-order chi connectivity index (χ1) is 13.2. The SMILES string of the molecule is C[C@@H]1N=C(C(=O)Nc2ccc(S(F)(F)(F)(F)F)cc2)NN(c2ccccc2)C1=O. The molecule has 12 heteroatoms. The van der Waals surface area contributed by atoms with Crippen LogP contribution in [0.2, 0.25) is 0 Å². The number of nitrogens with one attached hydrogen (secondary N) is 2. The first-order valence-electron chi connectivity index (χ1n) is 8.13. The summed E-state index contributed by atoms with van der Waals surface area (Å²) in [5, 5.41) is 3.37. The van der Waals surface area contributed by atoms with Gasteiger partial charge in [-0.1, -0.05) is 37.6 Å². The summed E-state index contributed by atoms with van der Waals surface area (Å²) in [5.41, 5.74) is 2.84.